The molecule has 0 aliphatic rings. The molecule has 6 heteroatoms. The zero-order valence-electron chi connectivity index (χ0n) is 11.1. The van der Waals surface area contributed by atoms with Gasteiger partial charge in [-0.1, -0.05) is 12.1 Å². The first-order valence-electron chi connectivity index (χ1n) is 6.31. The van der Waals surface area contributed by atoms with Gasteiger partial charge in [-0.3, -0.25) is 14.6 Å². The molecule has 0 saturated heterocycles. The first kappa shape index (κ1) is 15.4. The lowest BCUT2D eigenvalue weighted by Gasteiger charge is -2.15. The highest BCUT2D eigenvalue weighted by atomic mass is 127. The van der Waals surface area contributed by atoms with Crippen LogP contribution in [0.2, 0.25) is 0 Å². The molecule has 21 heavy (non-hydrogen) atoms. The van der Waals surface area contributed by atoms with Crippen LogP contribution >= 0.6 is 22.6 Å². The normalized spacial score (nSPS) is 11.7. The van der Waals surface area contributed by atoms with Crippen LogP contribution < -0.4 is 11.1 Å². The number of halogens is 1. The van der Waals surface area contributed by atoms with Crippen LogP contribution in [0, 0.1) is 3.57 Å². The summed E-state index contributed by atoms with van der Waals surface area (Å²) in [4.78, 5) is 27.5. The fourth-order valence-electron chi connectivity index (χ4n) is 1.87. The van der Waals surface area contributed by atoms with E-state index in [1.54, 1.807) is 12.1 Å². The van der Waals surface area contributed by atoms with Crippen molar-refractivity contribution in [3.8, 4) is 0 Å². The molecule has 0 aliphatic carbocycles. The van der Waals surface area contributed by atoms with E-state index in [9.17, 15) is 9.59 Å². The first-order chi connectivity index (χ1) is 10.1. The van der Waals surface area contributed by atoms with Gasteiger partial charge in [0.25, 0.3) is 5.91 Å². The summed E-state index contributed by atoms with van der Waals surface area (Å²) in [6, 6.07) is 10.1. The van der Waals surface area contributed by atoms with Gasteiger partial charge in [0.2, 0.25) is 5.91 Å². The van der Waals surface area contributed by atoms with E-state index in [1.165, 1.54) is 12.4 Å². The van der Waals surface area contributed by atoms with Crippen molar-refractivity contribution in [3.05, 3.63) is 63.5 Å². The molecule has 0 bridgehead atoms. The van der Waals surface area contributed by atoms with Gasteiger partial charge in [0, 0.05) is 27.9 Å². The van der Waals surface area contributed by atoms with Gasteiger partial charge in [-0.15, -0.1) is 0 Å². The van der Waals surface area contributed by atoms with Crippen LogP contribution in [0.5, 0.6) is 0 Å². The van der Waals surface area contributed by atoms with E-state index in [0.717, 1.165) is 9.13 Å². The number of pyridine rings is 1. The van der Waals surface area contributed by atoms with Crippen molar-refractivity contribution in [1.82, 2.24) is 10.3 Å². The second-order valence-corrected chi connectivity index (χ2v) is 5.74. The highest BCUT2D eigenvalue weighted by Gasteiger charge is 2.19. The van der Waals surface area contributed by atoms with E-state index in [2.05, 4.69) is 32.9 Å². The highest BCUT2D eigenvalue weighted by Crippen LogP contribution is 2.10. The number of nitrogens with zero attached hydrogens (tertiary/aromatic N) is 1. The van der Waals surface area contributed by atoms with E-state index in [0.29, 0.717) is 12.0 Å². The number of nitrogens with two attached hydrogens (primary N) is 1. The van der Waals surface area contributed by atoms with Gasteiger partial charge in [-0.25, -0.2) is 0 Å². The average Bonchev–Trinajstić information content (AvgIpc) is 2.47. The number of nitrogens with one attached hydrogen (secondary N) is 1. The zero-order chi connectivity index (χ0) is 15.2. The van der Waals surface area contributed by atoms with Gasteiger partial charge in [0.15, 0.2) is 0 Å². The van der Waals surface area contributed by atoms with Crippen LogP contribution in [-0.4, -0.2) is 22.8 Å². The SMILES string of the molecule is NC(=O)[C@H](Cc1cccc(I)c1)NC(=O)c1ccncc1. The summed E-state index contributed by atoms with van der Waals surface area (Å²) >= 11 is 2.19. The lowest BCUT2D eigenvalue weighted by Crippen LogP contribution is -2.45. The molecular formula is C15H14IN3O2. The molecule has 0 fully saturated rings. The van der Waals surface area contributed by atoms with Gasteiger partial charge in [-0.2, -0.15) is 0 Å². The van der Waals surface area contributed by atoms with Crippen LogP contribution in [0.3, 0.4) is 0 Å². The number of hydrogen-bond acceptors (Lipinski definition) is 3. The van der Waals surface area contributed by atoms with Crippen molar-refractivity contribution in [3.63, 3.8) is 0 Å². The topological polar surface area (TPSA) is 85.1 Å². The third-order valence-corrected chi connectivity index (χ3v) is 3.59. The van der Waals surface area contributed by atoms with Gasteiger partial charge in [0.1, 0.15) is 6.04 Å². The third kappa shape index (κ3) is 4.52. The molecule has 0 spiro atoms. The van der Waals surface area contributed by atoms with Gasteiger partial charge < -0.3 is 11.1 Å². The van der Waals surface area contributed by atoms with Gasteiger partial charge >= 0.3 is 0 Å². The van der Waals surface area contributed by atoms with Crippen molar-refractivity contribution in [2.75, 3.05) is 0 Å². The number of rotatable bonds is 5. The Labute approximate surface area is 136 Å². The van der Waals surface area contributed by atoms with E-state index in [4.69, 9.17) is 5.73 Å². The molecule has 0 radical (unpaired) electrons. The lowest BCUT2D eigenvalue weighted by molar-refractivity contribution is -0.119. The molecule has 5 nitrogen and oxygen atoms in total. The molecule has 1 heterocycles. The molecule has 0 unspecified atom stereocenters. The van der Waals surface area contributed by atoms with Crippen LogP contribution in [0.1, 0.15) is 15.9 Å². The predicted molar refractivity (Wildman–Crippen MR) is 87.5 cm³/mol. The number of amides is 2. The van der Waals surface area contributed by atoms with Crippen LogP contribution in [-0.2, 0) is 11.2 Å². The molecular weight excluding hydrogens is 381 g/mol. The molecule has 2 aromatic rings. The minimum Gasteiger partial charge on any atom is -0.368 e. The van der Waals surface area contributed by atoms with E-state index < -0.39 is 11.9 Å². The first-order valence-corrected chi connectivity index (χ1v) is 7.39. The monoisotopic (exact) mass is 395 g/mol. The summed E-state index contributed by atoms with van der Waals surface area (Å²) in [6.45, 7) is 0. The largest absolute Gasteiger partial charge is 0.368 e. The fraction of sp³-hybridized carbons (Fsp3) is 0.133. The Kier molecular flexibility index (Phi) is 5.26. The second kappa shape index (κ2) is 7.16. The Morgan fingerprint density at radius 1 is 1.24 bits per heavy atom. The molecule has 108 valence electrons. The Morgan fingerprint density at radius 2 is 1.95 bits per heavy atom. The number of primary amides is 1. The van der Waals surface area contributed by atoms with E-state index in [-0.39, 0.29) is 5.91 Å². The van der Waals surface area contributed by atoms with Crippen LogP contribution in [0.4, 0.5) is 0 Å². The summed E-state index contributed by atoms with van der Waals surface area (Å²) < 4.78 is 1.06. The van der Waals surface area contributed by atoms with Gasteiger partial charge in [0.05, 0.1) is 0 Å². The Morgan fingerprint density at radius 3 is 2.57 bits per heavy atom. The molecule has 2 rings (SSSR count). The number of aromatic nitrogens is 1. The molecule has 0 saturated carbocycles. The van der Waals surface area contributed by atoms with E-state index >= 15 is 0 Å². The van der Waals surface area contributed by atoms with Crippen molar-refractivity contribution in [2.24, 2.45) is 5.73 Å². The molecule has 2 amide bonds. The Hall–Kier alpha value is -1.96. The fourth-order valence-corrected chi connectivity index (χ4v) is 2.47. The summed E-state index contributed by atoms with van der Waals surface area (Å²) in [5, 5.41) is 2.66. The second-order valence-electron chi connectivity index (χ2n) is 4.50. The number of hydrogen-bond donors (Lipinski definition) is 2. The number of benzene rings is 1. The average molecular weight is 395 g/mol. The highest BCUT2D eigenvalue weighted by molar-refractivity contribution is 14.1. The summed E-state index contributed by atoms with van der Waals surface area (Å²) in [5.74, 6) is -0.900. The standard InChI is InChI=1S/C15H14IN3O2/c16-12-3-1-2-10(8-12)9-13(14(17)20)19-15(21)11-4-6-18-7-5-11/h1-8,13H,9H2,(H2,17,20)(H,19,21)/t13-/m0/s1. The number of carbonyl (C=O) groups is 2. The minimum atomic E-state index is -0.746. The molecule has 3 N–H and O–H groups in total. The molecule has 1 atom stereocenters. The van der Waals surface area contributed by atoms with Crippen molar-refractivity contribution >= 4 is 34.4 Å². The van der Waals surface area contributed by atoms with Crippen LogP contribution in [0.25, 0.3) is 0 Å². The predicted octanol–water partition coefficient (Wildman–Crippen LogP) is 1.51. The quantitative estimate of drug-likeness (QED) is 0.753. The maximum absolute atomic E-state index is 12.1. The Bertz CT molecular complexity index is 646. The number of carbonyl (C=O) groups excluding carboxylic acids is 2. The van der Waals surface area contributed by atoms with Gasteiger partial charge in [-0.05, 0) is 52.4 Å². The smallest absolute Gasteiger partial charge is 0.252 e. The van der Waals surface area contributed by atoms with E-state index in [1.807, 2.05) is 24.3 Å². The van der Waals surface area contributed by atoms with Crippen LogP contribution in [0.15, 0.2) is 48.8 Å². The maximum Gasteiger partial charge on any atom is 0.252 e. The summed E-state index contributed by atoms with van der Waals surface area (Å²) in [7, 11) is 0. The Balaban J connectivity index is 2.09. The molecule has 0 aliphatic heterocycles. The third-order valence-electron chi connectivity index (χ3n) is 2.92. The maximum atomic E-state index is 12.1. The molecule has 1 aromatic heterocycles. The summed E-state index contributed by atoms with van der Waals surface area (Å²) in [6.07, 6.45) is 3.41. The summed E-state index contributed by atoms with van der Waals surface area (Å²) in [5.41, 5.74) is 6.77. The molecule has 1 aromatic carbocycles. The van der Waals surface area contributed by atoms with Crippen molar-refractivity contribution in [1.29, 1.82) is 0 Å². The van der Waals surface area contributed by atoms with Crippen molar-refractivity contribution < 1.29 is 9.59 Å². The lowest BCUT2D eigenvalue weighted by atomic mass is 10.1. The zero-order valence-corrected chi connectivity index (χ0v) is 13.3. The van der Waals surface area contributed by atoms with Crippen molar-refractivity contribution in [2.45, 2.75) is 12.5 Å². The minimum absolute atomic E-state index is 0.341.